The molecule has 3 heteroatoms. The van der Waals surface area contributed by atoms with Crippen molar-refractivity contribution in [2.75, 3.05) is 0 Å². The van der Waals surface area contributed by atoms with E-state index >= 15 is 0 Å². The lowest BCUT2D eigenvalue weighted by Crippen LogP contribution is -2.52. The predicted octanol–water partition coefficient (Wildman–Crippen LogP) is 7.41. The summed E-state index contributed by atoms with van der Waals surface area (Å²) in [5.41, 5.74) is 9.59. The zero-order valence-electron chi connectivity index (χ0n) is 19.9. The van der Waals surface area contributed by atoms with Crippen molar-refractivity contribution in [1.29, 1.82) is 0 Å². The summed E-state index contributed by atoms with van der Waals surface area (Å²) in [7, 11) is 0. The third-order valence-corrected chi connectivity index (χ3v) is 7.41. The van der Waals surface area contributed by atoms with E-state index in [4.69, 9.17) is 4.42 Å². The van der Waals surface area contributed by atoms with E-state index in [-0.39, 0.29) is 0 Å². The summed E-state index contributed by atoms with van der Waals surface area (Å²) in [5.74, 6) is 0.485. The lowest BCUT2D eigenvalue weighted by molar-refractivity contribution is 0.353. The van der Waals surface area contributed by atoms with Gasteiger partial charge in [-0.1, -0.05) is 66.8 Å². The van der Waals surface area contributed by atoms with E-state index in [1.165, 1.54) is 44.3 Å². The molecule has 170 valence electrons. The Morgan fingerprint density at radius 1 is 0.824 bits per heavy atom. The van der Waals surface area contributed by atoms with Crippen LogP contribution in [-0.2, 0) is 0 Å². The molecule has 3 aromatic carbocycles. The van der Waals surface area contributed by atoms with Crippen LogP contribution in [0, 0.1) is 5.92 Å². The van der Waals surface area contributed by atoms with Crippen LogP contribution >= 0.6 is 0 Å². The van der Waals surface area contributed by atoms with Gasteiger partial charge >= 0.3 is 0 Å². The van der Waals surface area contributed by atoms with E-state index in [0.717, 1.165) is 17.6 Å². The molecule has 1 aliphatic carbocycles. The maximum Gasteiger partial charge on any atom is 0.135 e. The molecule has 1 aliphatic heterocycles. The van der Waals surface area contributed by atoms with Gasteiger partial charge < -0.3 is 9.73 Å². The minimum Gasteiger partial charge on any atom is -0.456 e. The van der Waals surface area contributed by atoms with Gasteiger partial charge in [0.2, 0.25) is 0 Å². The van der Waals surface area contributed by atoms with Crippen molar-refractivity contribution >= 4 is 27.5 Å². The van der Waals surface area contributed by atoms with E-state index in [0.29, 0.717) is 18.1 Å². The van der Waals surface area contributed by atoms with Gasteiger partial charge in [-0.3, -0.25) is 5.32 Å². The normalized spacial score (nSPS) is 22.8. The van der Waals surface area contributed by atoms with Crippen molar-refractivity contribution in [2.45, 2.75) is 39.4 Å². The summed E-state index contributed by atoms with van der Waals surface area (Å²) >= 11 is 0. The van der Waals surface area contributed by atoms with Crippen LogP contribution in [0.2, 0.25) is 0 Å². The zero-order valence-corrected chi connectivity index (χ0v) is 19.9. The number of allylic oxidation sites excluding steroid dienone is 4. The molecule has 3 atom stereocenters. The number of hydrogen-bond donors (Lipinski definition) is 2. The molecule has 0 fully saturated rings. The van der Waals surface area contributed by atoms with Crippen LogP contribution in [0.5, 0.6) is 0 Å². The molecule has 0 bridgehead atoms. The third kappa shape index (κ3) is 3.66. The summed E-state index contributed by atoms with van der Waals surface area (Å²) in [6.07, 6.45) is 8.42. The maximum absolute atomic E-state index is 5.99. The minimum atomic E-state index is 0.305. The molecule has 2 N–H and O–H groups in total. The number of para-hydroxylation sites is 1. The van der Waals surface area contributed by atoms with E-state index in [2.05, 4.69) is 104 Å². The van der Waals surface area contributed by atoms with Crippen molar-refractivity contribution < 1.29 is 4.42 Å². The third-order valence-electron chi connectivity index (χ3n) is 7.41. The molecule has 6 rings (SSSR count). The second-order valence-corrected chi connectivity index (χ2v) is 9.62. The van der Waals surface area contributed by atoms with Crippen LogP contribution in [0.15, 0.2) is 101 Å². The lowest BCUT2D eigenvalue weighted by atomic mass is 9.83. The standard InChI is InChI=1S/C31H30N2O/c1-19-20(2)32-21(3)33-31(19)25-14-12-23(13-15-25)22-8-10-24(11-9-22)26-16-17-30-28(18-26)27-6-4-5-7-29(27)34-30/h4-14,16-18,21,25,31-33H,15H2,1-3H3. The van der Waals surface area contributed by atoms with Crippen molar-refractivity contribution in [2.24, 2.45) is 5.92 Å². The minimum absolute atomic E-state index is 0.305. The van der Waals surface area contributed by atoms with E-state index in [9.17, 15) is 0 Å². The van der Waals surface area contributed by atoms with Gasteiger partial charge in [-0.05, 0) is 79.1 Å². The molecule has 0 radical (unpaired) electrons. The predicted molar refractivity (Wildman–Crippen MR) is 142 cm³/mol. The molecule has 0 amide bonds. The van der Waals surface area contributed by atoms with Crippen LogP contribution in [-0.4, -0.2) is 12.2 Å². The molecule has 2 heterocycles. The number of nitrogens with one attached hydrogen (secondary N) is 2. The van der Waals surface area contributed by atoms with Crippen molar-refractivity contribution in [3.63, 3.8) is 0 Å². The van der Waals surface area contributed by atoms with Crippen molar-refractivity contribution in [1.82, 2.24) is 10.6 Å². The molecular formula is C31H30N2O. The van der Waals surface area contributed by atoms with Gasteiger partial charge in [0.05, 0.1) is 6.17 Å². The first-order valence-electron chi connectivity index (χ1n) is 12.2. The summed E-state index contributed by atoms with van der Waals surface area (Å²) in [4.78, 5) is 0. The molecule has 0 saturated heterocycles. The van der Waals surface area contributed by atoms with E-state index < -0.39 is 0 Å². The van der Waals surface area contributed by atoms with Crippen LogP contribution in [0.1, 0.15) is 32.8 Å². The molecule has 3 unspecified atom stereocenters. The van der Waals surface area contributed by atoms with Gasteiger partial charge in [-0.15, -0.1) is 0 Å². The first-order chi connectivity index (χ1) is 16.6. The average Bonchev–Trinajstić information content (AvgIpc) is 3.24. The molecule has 0 saturated carbocycles. The molecule has 34 heavy (non-hydrogen) atoms. The van der Waals surface area contributed by atoms with Crippen LogP contribution in [0.3, 0.4) is 0 Å². The summed E-state index contributed by atoms with van der Waals surface area (Å²) < 4.78 is 5.99. The van der Waals surface area contributed by atoms with Gasteiger partial charge in [0.15, 0.2) is 0 Å². The van der Waals surface area contributed by atoms with Gasteiger partial charge in [0.1, 0.15) is 11.2 Å². The fraction of sp³-hybridized carbons (Fsp3) is 0.226. The largest absolute Gasteiger partial charge is 0.456 e. The van der Waals surface area contributed by atoms with E-state index in [1.807, 2.05) is 12.1 Å². The number of furan rings is 1. The molecule has 4 aromatic rings. The SMILES string of the molecule is CC1=C(C)C(C2C=CC(c3ccc(-c4ccc5oc6ccccc6c5c4)cc3)=CC2)NC(C)N1. The highest BCUT2D eigenvalue weighted by atomic mass is 16.3. The number of rotatable bonds is 3. The summed E-state index contributed by atoms with van der Waals surface area (Å²) in [6.45, 7) is 6.61. The van der Waals surface area contributed by atoms with Crippen LogP contribution in [0.25, 0.3) is 38.6 Å². The van der Waals surface area contributed by atoms with Crippen LogP contribution < -0.4 is 10.6 Å². The second kappa shape index (κ2) is 8.34. The highest BCUT2D eigenvalue weighted by molar-refractivity contribution is 6.06. The Morgan fingerprint density at radius 2 is 1.56 bits per heavy atom. The molecule has 2 aliphatic rings. The zero-order chi connectivity index (χ0) is 23.2. The first kappa shape index (κ1) is 21.0. The Kier molecular flexibility index (Phi) is 5.15. The van der Waals surface area contributed by atoms with Gasteiger partial charge in [0, 0.05) is 22.5 Å². The Morgan fingerprint density at radius 3 is 2.35 bits per heavy atom. The first-order valence-corrected chi connectivity index (χ1v) is 12.2. The molecule has 1 aromatic heterocycles. The van der Waals surface area contributed by atoms with Crippen molar-refractivity contribution in [3.8, 4) is 11.1 Å². The Labute approximate surface area is 200 Å². The van der Waals surface area contributed by atoms with Crippen molar-refractivity contribution in [3.05, 3.63) is 102 Å². The highest BCUT2D eigenvalue weighted by Gasteiger charge is 2.28. The monoisotopic (exact) mass is 446 g/mol. The second-order valence-electron chi connectivity index (χ2n) is 9.62. The fourth-order valence-electron chi connectivity index (χ4n) is 5.41. The number of hydrogen-bond acceptors (Lipinski definition) is 3. The smallest absolute Gasteiger partial charge is 0.135 e. The van der Waals surface area contributed by atoms with E-state index in [1.54, 1.807) is 0 Å². The molecule has 3 nitrogen and oxygen atoms in total. The lowest BCUT2D eigenvalue weighted by Gasteiger charge is -2.37. The Bertz CT molecular complexity index is 1470. The van der Waals surface area contributed by atoms with Gasteiger partial charge in [-0.2, -0.15) is 0 Å². The van der Waals surface area contributed by atoms with Gasteiger partial charge in [-0.25, -0.2) is 0 Å². The molecule has 0 spiro atoms. The average molecular weight is 447 g/mol. The summed E-state index contributed by atoms with van der Waals surface area (Å²) in [5, 5.41) is 9.54. The fourth-order valence-corrected chi connectivity index (χ4v) is 5.41. The van der Waals surface area contributed by atoms with Gasteiger partial charge in [0.25, 0.3) is 0 Å². The quantitative estimate of drug-likeness (QED) is 0.344. The number of fused-ring (bicyclic) bond motifs is 3. The topological polar surface area (TPSA) is 37.2 Å². The maximum atomic E-state index is 5.99. The summed E-state index contributed by atoms with van der Waals surface area (Å²) in [6, 6.07) is 24.0. The highest BCUT2D eigenvalue weighted by Crippen LogP contribution is 2.34. The Hall–Kier alpha value is -3.56. The number of benzene rings is 3. The molecular weight excluding hydrogens is 416 g/mol. The van der Waals surface area contributed by atoms with Crippen LogP contribution in [0.4, 0.5) is 0 Å². The Balaban J connectivity index is 1.22.